The van der Waals surface area contributed by atoms with Gasteiger partial charge in [0.1, 0.15) is 12.1 Å². The van der Waals surface area contributed by atoms with Crippen LogP contribution in [0.25, 0.3) is 10.2 Å². The summed E-state index contributed by atoms with van der Waals surface area (Å²) in [5.74, 6) is 0.861. The molecule has 2 heterocycles. The number of thiophene rings is 1. The average Bonchev–Trinajstić information content (AvgIpc) is 2.73. The monoisotopic (exact) mass is 264 g/mol. The number of rotatable bonds is 5. The molecule has 0 spiro atoms. The third kappa shape index (κ3) is 2.76. The van der Waals surface area contributed by atoms with E-state index in [1.807, 2.05) is 13.8 Å². The molecule has 0 bridgehead atoms. The third-order valence-electron chi connectivity index (χ3n) is 2.55. The van der Waals surface area contributed by atoms with E-state index in [1.54, 1.807) is 17.7 Å². The summed E-state index contributed by atoms with van der Waals surface area (Å²) in [5.41, 5.74) is 2.14. The Kier molecular flexibility index (Phi) is 4.09. The SMILES string of the molecule is CCNC(=O)CCNc1ncnc2c(C)csc12. The fourth-order valence-corrected chi connectivity index (χ4v) is 2.64. The highest BCUT2D eigenvalue weighted by Gasteiger charge is 2.08. The maximum Gasteiger partial charge on any atom is 0.221 e. The van der Waals surface area contributed by atoms with Crippen molar-refractivity contribution in [1.82, 2.24) is 15.3 Å². The van der Waals surface area contributed by atoms with Crippen molar-refractivity contribution in [1.29, 1.82) is 0 Å². The van der Waals surface area contributed by atoms with Gasteiger partial charge in [-0.2, -0.15) is 0 Å². The first-order valence-corrected chi connectivity index (χ1v) is 6.79. The minimum atomic E-state index is 0.0534. The Bertz CT molecular complexity index is 552. The second-order valence-electron chi connectivity index (χ2n) is 3.95. The van der Waals surface area contributed by atoms with Gasteiger partial charge in [-0.3, -0.25) is 4.79 Å². The second-order valence-corrected chi connectivity index (χ2v) is 4.83. The Morgan fingerprint density at radius 3 is 3.06 bits per heavy atom. The molecule has 0 fully saturated rings. The lowest BCUT2D eigenvalue weighted by Crippen LogP contribution is -2.24. The summed E-state index contributed by atoms with van der Waals surface area (Å²) >= 11 is 1.62. The van der Waals surface area contributed by atoms with Gasteiger partial charge < -0.3 is 10.6 Å². The average molecular weight is 264 g/mol. The van der Waals surface area contributed by atoms with Crippen LogP contribution in [0.15, 0.2) is 11.7 Å². The zero-order valence-corrected chi connectivity index (χ0v) is 11.3. The van der Waals surface area contributed by atoms with Gasteiger partial charge in [0.05, 0.1) is 10.2 Å². The fourth-order valence-electron chi connectivity index (χ4n) is 1.68. The lowest BCUT2D eigenvalue weighted by atomic mass is 10.3. The maximum absolute atomic E-state index is 11.3. The molecule has 0 atom stereocenters. The van der Waals surface area contributed by atoms with Gasteiger partial charge >= 0.3 is 0 Å². The lowest BCUT2D eigenvalue weighted by molar-refractivity contribution is -0.120. The predicted octanol–water partition coefficient (Wildman–Crippen LogP) is 1.94. The van der Waals surface area contributed by atoms with Gasteiger partial charge in [0.2, 0.25) is 5.91 Å². The van der Waals surface area contributed by atoms with Crippen molar-refractivity contribution < 1.29 is 4.79 Å². The van der Waals surface area contributed by atoms with E-state index in [9.17, 15) is 4.79 Å². The number of hydrogen-bond donors (Lipinski definition) is 2. The first-order valence-electron chi connectivity index (χ1n) is 5.91. The first kappa shape index (κ1) is 12.8. The molecule has 2 aromatic heterocycles. The van der Waals surface area contributed by atoms with Crippen LogP contribution in [0, 0.1) is 6.92 Å². The van der Waals surface area contributed by atoms with Crippen LogP contribution >= 0.6 is 11.3 Å². The fraction of sp³-hybridized carbons (Fsp3) is 0.417. The molecule has 6 heteroatoms. The van der Waals surface area contributed by atoms with Crippen molar-refractivity contribution in [3.63, 3.8) is 0 Å². The molecular formula is C12H16N4OS. The zero-order chi connectivity index (χ0) is 13.0. The molecule has 0 unspecified atom stereocenters. The number of nitrogens with zero attached hydrogens (tertiary/aromatic N) is 2. The smallest absolute Gasteiger partial charge is 0.221 e. The van der Waals surface area contributed by atoms with Crippen LogP contribution in [0.1, 0.15) is 18.9 Å². The van der Waals surface area contributed by atoms with Gasteiger partial charge in [-0.05, 0) is 24.8 Å². The van der Waals surface area contributed by atoms with Gasteiger partial charge in [0.15, 0.2) is 0 Å². The van der Waals surface area contributed by atoms with E-state index in [2.05, 4.69) is 26.0 Å². The number of hydrogen-bond acceptors (Lipinski definition) is 5. The summed E-state index contributed by atoms with van der Waals surface area (Å²) in [6.07, 6.45) is 2.00. The van der Waals surface area contributed by atoms with E-state index in [-0.39, 0.29) is 5.91 Å². The van der Waals surface area contributed by atoms with Crippen molar-refractivity contribution in [3.05, 3.63) is 17.3 Å². The minimum absolute atomic E-state index is 0.0534. The van der Waals surface area contributed by atoms with Crippen LogP contribution in [0.3, 0.4) is 0 Å². The van der Waals surface area contributed by atoms with Crippen LogP contribution in [0.5, 0.6) is 0 Å². The molecule has 0 radical (unpaired) electrons. The van der Waals surface area contributed by atoms with E-state index in [0.717, 1.165) is 21.6 Å². The Balaban J connectivity index is 2.01. The van der Waals surface area contributed by atoms with Crippen LogP contribution in [-0.2, 0) is 4.79 Å². The van der Waals surface area contributed by atoms with Gasteiger partial charge in [0, 0.05) is 19.5 Å². The molecule has 0 aliphatic heterocycles. The van der Waals surface area contributed by atoms with Crippen LogP contribution in [0.2, 0.25) is 0 Å². The minimum Gasteiger partial charge on any atom is -0.368 e. The third-order valence-corrected chi connectivity index (χ3v) is 3.64. The highest BCUT2D eigenvalue weighted by molar-refractivity contribution is 7.18. The number of nitrogens with one attached hydrogen (secondary N) is 2. The molecule has 96 valence electrons. The van der Waals surface area contributed by atoms with Crippen LogP contribution in [0.4, 0.5) is 5.82 Å². The Labute approximate surface area is 110 Å². The van der Waals surface area contributed by atoms with Crippen LogP contribution < -0.4 is 10.6 Å². The van der Waals surface area contributed by atoms with Crippen molar-refractivity contribution >= 4 is 33.3 Å². The van der Waals surface area contributed by atoms with Gasteiger partial charge in [-0.1, -0.05) is 0 Å². The van der Waals surface area contributed by atoms with Gasteiger partial charge in [-0.25, -0.2) is 9.97 Å². The molecule has 2 rings (SSSR count). The Hall–Kier alpha value is -1.69. The Morgan fingerprint density at radius 2 is 2.28 bits per heavy atom. The Morgan fingerprint density at radius 1 is 1.44 bits per heavy atom. The van der Waals surface area contributed by atoms with E-state index in [1.165, 1.54) is 0 Å². The zero-order valence-electron chi connectivity index (χ0n) is 10.5. The molecule has 0 saturated heterocycles. The number of aryl methyl sites for hydroxylation is 1. The summed E-state index contributed by atoms with van der Waals surface area (Å²) < 4.78 is 1.05. The van der Waals surface area contributed by atoms with Crippen molar-refractivity contribution in [2.45, 2.75) is 20.3 Å². The highest BCUT2D eigenvalue weighted by atomic mass is 32.1. The summed E-state index contributed by atoms with van der Waals surface area (Å²) in [5, 5.41) is 8.02. The van der Waals surface area contributed by atoms with E-state index in [0.29, 0.717) is 19.5 Å². The molecule has 5 nitrogen and oxygen atoms in total. The number of amides is 1. The normalized spacial score (nSPS) is 10.6. The number of carbonyl (C=O) groups is 1. The summed E-state index contributed by atoms with van der Waals surface area (Å²) in [6, 6.07) is 0. The van der Waals surface area contributed by atoms with Crippen LogP contribution in [-0.4, -0.2) is 29.0 Å². The summed E-state index contributed by atoms with van der Waals surface area (Å²) in [6.45, 7) is 5.19. The number of fused-ring (bicyclic) bond motifs is 1. The number of aromatic nitrogens is 2. The van der Waals surface area contributed by atoms with Crippen molar-refractivity contribution in [2.75, 3.05) is 18.4 Å². The van der Waals surface area contributed by atoms with Gasteiger partial charge in [0.25, 0.3) is 0 Å². The first-order chi connectivity index (χ1) is 8.72. The molecule has 2 N–H and O–H groups in total. The van der Waals surface area contributed by atoms with E-state index in [4.69, 9.17) is 0 Å². The molecule has 0 aromatic carbocycles. The lowest BCUT2D eigenvalue weighted by Gasteiger charge is -2.06. The largest absolute Gasteiger partial charge is 0.368 e. The molecular weight excluding hydrogens is 248 g/mol. The van der Waals surface area contributed by atoms with E-state index >= 15 is 0 Å². The van der Waals surface area contributed by atoms with Crippen molar-refractivity contribution in [2.24, 2.45) is 0 Å². The molecule has 0 saturated carbocycles. The topological polar surface area (TPSA) is 66.9 Å². The predicted molar refractivity (Wildman–Crippen MR) is 73.9 cm³/mol. The molecule has 1 amide bonds. The van der Waals surface area contributed by atoms with Gasteiger partial charge in [-0.15, -0.1) is 11.3 Å². The maximum atomic E-state index is 11.3. The van der Waals surface area contributed by atoms with E-state index < -0.39 is 0 Å². The quantitative estimate of drug-likeness (QED) is 0.866. The number of carbonyl (C=O) groups excluding carboxylic acids is 1. The molecule has 18 heavy (non-hydrogen) atoms. The second kappa shape index (κ2) is 5.77. The number of anilines is 1. The summed E-state index contributed by atoms with van der Waals surface area (Å²) in [4.78, 5) is 19.8. The van der Waals surface area contributed by atoms with Crippen molar-refractivity contribution in [3.8, 4) is 0 Å². The molecule has 2 aromatic rings. The molecule has 0 aliphatic carbocycles. The standard InChI is InChI=1S/C12H16N4OS/c1-3-13-9(17)4-5-14-12-11-10(15-7-16-12)8(2)6-18-11/h6-7H,3-5H2,1-2H3,(H,13,17)(H,14,15,16). The highest BCUT2D eigenvalue weighted by Crippen LogP contribution is 2.28. The summed E-state index contributed by atoms with van der Waals surface area (Å²) in [7, 11) is 0. The molecule has 0 aliphatic rings.